The van der Waals surface area contributed by atoms with Crippen LogP contribution in [-0.2, 0) is 26.2 Å². The summed E-state index contributed by atoms with van der Waals surface area (Å²) in [4.78, 5) is 28.1. The van der Waals surface area contributed by atoms with Crippen molar-refractivity contribution >= 4 is 50.7 Å². The van der Waals surface area contributed by atoms with E-state index in [0.29, 0.717) is 17.1 Å². The molecule has 38 heavy (non-hydrogen) atoms. The van der Waals surface area contributed by atoms with Gasteiger partial charge in [-0.25, -0.2) is 8.42 Å². The monoisotopic (exact) mass is 575 g/mol. The predicted octanol–water partition coefficient (Wildman–Crippen LogP) is 5.44. The maximum atomic E-state index is 13.9. The molecule has 0 aliphatic carbocycles. The zero-order valence-corrected chi connectivity index (χ0v) is 23.9. The second kappa shape index (κ2) is 13.1. The third-order valence-electron chi connectivity index (χ3n) is 6.02. The lowest BCUT2D eigenvalue weighted by atomic mass is 10.1. The van der Waals surface area contributed by atoms with Gasteiger partial charge in [-0.3, -0.25) is 13.9 Å². The second-order valence-electron chi connectivity index (χ2n) is 8.86. The Kier molecular flexibility index (Phi) is 10.2. The number of nitrogens with one attached hydrogen (secondary N) is 1. The van der Waals surface area contributed by atoms with E-state index in [9.17, 15) is 18.0 Å². The number of benzene rings is 3. The number of para-hydroxylation sites is 1. The molecule has 0 aromatic heterocycles. The van der Waals surface area contributed by atoms with Crippen molar-refractivity contribution in [1.29, 1.82) is 0 Å². The summed E-state index contributed by atoms with van der Waals surface area (Å²) in [5.74, 6) is -0.933. The fourth-order valence-corrected chi connectivity index (χ4v) is 5.71. The number of aryl methyl sites for hydroxylation is 1. The molecule has 3 rings (SSSR count). The van der Waals surface area contributed by atoms with E-state index < -0.39 is 28.5 Å². The molecule has 3 aromatic rings. The average Bonchev–Trinajstić information content (AvgIpc) is 2.90. The summed E-state index contributed by atoms with van der Waals surface area (Å²) < 4.78 is 28.6. The molecule has 7 nitrogen and oxygen atoms in total. The Morgan fingerprint density at radius 3 is 2.13 bits per heavy atom. The lowest BCUT2D eigenvalue weighted by Crippen LogP contribution is -2.51. The molecule has 0 bridgehead atoms. The Balaban J connectivity index is 2.04. The van der Waals surface area contributed by atoms with Gasteiger partial charge < -0.3 is 10.2 Å². The van der Waals surface area contributed by atoms with Crippen LogP contribution in [0.1, 0.15) is 31.4 Å². The number of sulfonamides is 1. The standard InChI is InChI=1S/C28H31Cl2N3O4S/c1-4-17-31-28(35)21(3)32(18-22-9-5-6-10-24(22)29)27(34)19-33(26-12-8-7-11-25(26)30)38(36,37)23-15-13-20(2)14-16-23/h5-16,21H,4,17-19H2,1-3H3,(H,31,35). The van der Waals surface area contributed by atoms with E-state index in [1.54, 1.807) is 61.5 Å². The highest BCUT2D eigenvalue weighted by Gasteiger charge is 2.33. The van der Waals surface area contributed by atoms with Gasteiger partial charge in [0, 0.05) is 18.1 Å². The first kappa shape index (κ1) is 29.5. The topological polar surface area (TPSA) is 86.8 Å². The van der Waals surface area contributed by atoms with Crippen LogP contribution in [0.4, 0.5) is 5.69 Å². The molecular formula is C28H31Cl2N3O4S. The van der Waals surface area contributed by atoms with Crippen LogP contribution in [0.15, 0.2) is 77.7 Å². The summed E-state index contributed by atoms with van der Waals surface area (Å²) in [7, 11) is -4.19. The molecule has 1 unspecified atom stereocenters. The maximum absolute atomic E-state index is 13.9. The average molecular weight is 577 g/mol. The molecule has 0 aliphatic heterocycles. The van der Waals surface area contributed by atoms with Crippen LogP contribution in [0.5, 0.6) is 0 Å². The van der Waals surface area contributed by atoms with Crippen molar-refractivity contribution in [2.75, 3.05) is 17.4 Å². The van der Waals surface area contributed by atoms with Gasteiger partial charge in [0.2, 0.25) is 11.8 Å². The number of carbonyl (C=O) groups excluding carboxylic acids is 2. The van der Waals surface area contributed by atoms with E-state index in [1.165, 1.54) is 23.1 Å². The van der Waals surface area contributed by atoms with Gasteiger partial charge in [0.1, 0.15) is 12.6 Å². The van der Waals surface area contributed by atoms with E-state index in [-0.39, 0.29) is 28.1 Å². The Bertz CT molecular complexity index is 1380. The number of hydrogen-bond acceptors (Lipinski definition) is 4. The van der Waals surface area contributed by atoms with E-state index in [0.717, 1.165) is 16.3 Å². The highest BCUT2D eigenvalue weighted by molar-refractivity contribution is 7.92. The number of amides is 2. The van der Waals surface area contributed by atoms with Crippen molar-refractivity contribution in [1.82, 2.24) is 10.2 Å². The summed E-state index contributed by atoms with van der Waals surface area (Å²) in [6.45, 7) is 5.27. The Labute approximate surface area is 234 Å². The molecule has 0 fully saturated rings. The molecule has 0 spiro atoms. The van der Waals surface area contributed by atoms with Crippen LogP contribution in [0, 0.1) is 6.92 Å². The molecule has 0 saturated heterocycles. The smallest absolute Gasteiger partial charge is 0.264 e. The van der Waals surface area contributed by atoms with Crippen molar-refractivity contribution in [3.8, 4) is 0 Å². The molecule has 0 radical (unpaired) electrons. The molecule has 0 aliphatic rings. The van der Waals surface area contributed by atoms with Gasteiger partial charge in [0.25, 0.3) is 10.0 Å². The molecular weight excluding hydrogens is 545 g/mol. The summed E-state index contributed by atoms with van der Waals surface area (Å²) in [6.07, 6.45) is 0.728. The lowest BCUT2D eigenvalue weighted by molar-refractivity contribution is -0.139. The molecule has 2 amide bonds. The van der Waals surface area contributed by atoms with Gasteiger partial charge in [0.05, 0.1) is 15.6 Å². The molecule has 10 heteroatoms. The number of hydrogen-bond donors (Lipinski definition) is 1. The van der Waals surface area contributed by atoms with E-state index in [2.05, 4.69) is 5.32 Å². The van der Waals surface area contributed by atoms with Crippen LogP contribution in [0.2, 0.25) is 10.0 Å². The third-order valence-corrected chi connectivity index (χ3v) is 8.49. The number of rotatable bonds is 11. The second-order valence-corrected chi connectivity index (χ2v) is 11.5. The van der Waals surface area contributed by atoms with Crippen molar-refractivity contribution in [3.63, 3.8) is 0 Å². The van der Waals surface area contributed by atoms with Crippen LogP contribution in [-0.4, -0.2) is 44.3 Å². The molecule has 3 aromatic carbocycles. The van der Waals surface area contributed by atoms with Crippen molar-refractivity contribution in [2.24, 2.45) is 0 Å². The molecule has 1 N–H and O–H groups in total. The van der Waals surface area contributed by atoms with Crippen LogP contribution >= 0.6 is 23.2 Å². The van der Waals surface area contributed by atoms with Crippen LogP contribution in [0.25, 0.3) is 0 Å². The summed E-state index contributed by atoms with van der Waals surface area (Å²) in [6, 6.07) is 18.9. The van der Waals surface area contributed by atoms with Gasteiger partial charge in [-0.15, -0.1) is 0 Å². The van der Waals surface area contributed by atoms with Gasteiger partial charge in [0.15, 0.2) is 0 Å². The van der Waals surface area contributed by atoms with Crippen LogP contribution in [0.3, 0.4) is 0 Å². The third kappa shape index (κ3) is 7.07. The van der Waals surface area contributed by atoms with Gasteiger partial charge in [-0.2, -0.15) is 0 Å². The van der Waals surface area contributed by atoms with Crippen molar-refractivity contribution < 1.29 is 18.0 Å². The molecule has 202 valence electrons. The minimum absolute atomic E-state index is 0.0140. The van der Waals surface area contributed by atoms with Crippen LogP contribution < -0.4 is 9.62 Å². The number of anilines is 1. The number of carbonyl (C=O) groups is 2. The fraction of sp³-hybridized carbons (Fsp3) is 0.286. The lowest BCUT2D eigenvalue weighted by Gasteiger charge is -2.32. The largest absolute Gasteiger partial charge is 0.354 e. The quantitative estimate of drug-likeness (QED) is 0.330. The normalized spacial score (nSPS) is 12.0. The highest BCUT2D eigenvalue weighted by atomic mass is 35.5. The first-order valence-corrected chi connectivity index (χ1v) is 14.4. The molecule has 1 atom stereocenters. The maximum Gasteiger partial charge on any atom is 0.264 e. The number of nitrogens with zero attached hydrogens (tertiary/aromatic N) is 2. The fourth-order valence-electron chi connectivity index (χ4n) is 3.79. The van der Waals surface area contributed by atoms with Gasteiger partial charge in [-0.05, 0) is 56.2 Å². The predicted molar refractivity (Wildman–Crippen MR) is 152 cm³/mol. The van der Waals surface area contributed by atoms with Gasteiger partial charge in [-0.1, -0.05) is 78.2 Å². The summed E-state index contributed by atoms with van der Waals surface area (Å²) in [5.41, 5.74) is 1.68. The van der Waals surface area contributed by atoms with Crippen molar-refractivity contribution in [3.05, 3.63) is 94.0 Å². The Morgan fingerprint density at radius 1 is 0.921 bits per heavy atom. The van der Waals surface area contributed by atoms with E-state index >= 15 is 0 Å². The first-order chi connectivity index (χ1) is 18.1. The number of halogens is 2. The first-order valence-electron chi connectivity index (χ1n) is 12.2. The summed E-state index contributed by atoms with van der Waals surface area (Å²) in [5, 5.41) is 3.41. The van der Waals surface area contributed by atoms with E-state index in [4.69, 9.17) is 23.2 Å². The Hall–Kier alpha value is -3.07. The zero-order valence-electron chi connectivity index (χ0n) is 21.5. The molecule has 0 saturated carbocycles. The molecule has 0 heterocycles. The van der Waals surface area contributed by atoms with E-state index in [1.807, 2.05) is 13.8 Å². The van der Waals surface area contributed by atoms with Crippen molar-refractivity contribution in [2.45, 2.75) is 44.7 Å². The Morgan fingerprint density at radius 2 is 1.53 bits per heavy atom. The highest BCUT2D eigenvalue weighted by Crippen LogP contribution is 2.31. The summed E-state index contributed by atoms with van der Waals surface area (Å²) >= 11 is 12.8. The van der Waals surface area contributed by atoms with Gasteiger partial charge >= 0.3 is 0 Å². The zero-order chi connectivity index (χ0) is 27.9. The minimum atomic E-state index is -4.19. The SMILES string of the molecule is CCCNC(=O)C(C)N(Cc1ccccc1Cl)C(=O)CN(c1ccccc1Cl)S(=O)(=O)c1ccc(C)cc1. The minimum Gasteiger partial charge on any atom is -0.354 e.